The predicted octanol–water partition coefficient (Wildman–Crippen LogP) is 3.37. The zero-order valence-electron chi connectivity index (χ0n) is 9.29. The fraction of sp³-hybridized carbons (Fsp3) is 0.462. The quantitative estimate of drug-likeness (QED) is 0.725. The molecule has 0 N–H and O–H groups in total. The number of benzene rings is 1. The Balaban J connectivity index is 2.55. The third kappa shape index (κ3) is 3.82. The van der Waals surface area contributed by atoms with E-state index < -0.39 is 0 Å². The topological polar surface area (TPSA) is 17.1 Å². The first kappa shape index (κ1) is 11.9. The molecule has 2 heteroatoms. The summed E-state index contributed by atoms with van der Waals surface area (Å²) in [5.74, 6) is 0.230. The van der Waals surface area contributed by atoms with Crippen LogP contribution in [0.25, 0.3) is 0 Å². The molecule has 15 heavy (non-hydrogen) atoms. The van der Waals surface area contributed by atoms with Crippen molar-refractivity contribution in [3.05, 3.63) is 35.6 Å². The van der Waals surface area contributed by atoms with Crippen LogP contribution >= 0.6 is 0 Å². The highest BCUT2D eigenvalue weighted by atomic mass is 19.1. The van der Waals surface area contributed by atoms with Crippen LogP contribution in [0.4, 0.5) is 4.39 Å². The van der Waals surface area contributed by atoms with Crippen molar-refractivity contribution < 1.29 is 9.18 Å². The van der Waals surface area contributed by atoms with Crippen LogP contribution in [-0.2, 0) is 11.2 Å². The number of carbonyl (C=O) groups excluding carboxylic acids is 1. The summed E-state index contributed by atoms with van der Waals surface area (Å²) in [5, 5.41) is 0. The highest BCUT2D eigenvalue weighted by molar-refractivity contribution is 5.81. The van der Waals surface area contributed by atoms with Gasteiger partial charge in [-0.25, -0.2) is 4.39 Å². The van der Waals surface area contributed by atoms with Gasteiger partial charge in [0.2, 0.25) is 0 Å². The van der Waals surface area contributed by atoms with E-state index in [1.165, 1.54) is 6.07 Å². The molecule has 1 unspecified atom stereocenters. The van der Waals surface area contributed by atoms with Crippen LogP contribution in [0.15, 0.2) is 24.3 Å². The van der Waals surface area contributed by atoms with Crippen molar-refractivity contribution >= 4 is 5.78 Å². The Hall–Kier alpha value is -1.18. The van der Waals surface area contributed by atoms with Crippen molar-refractivity contribution in [3.8, 4) is 0 Å². The predicted molar refractivity (Wildman–Crippen MR) is 59.2 cm³/mol. The second-order valence-electron chi connectivity index (χ2n) is 4.02. The Morgan fingerprint density at radius 1 is 1.40 bits per heavy atom. The van der Waals surface area contributed by atoms with Crippen LogP contribution in [0.5, 0.6) is 0 Å². The Morgan fingerprint density at radius 2 is 2.07 bits per heavy atom. The largest absolute Gasteiger partial charge is 0.299 e. The number of rotatable bonds is 5. The van der Waals surface area contributed by atoms with Gasteiger partial charge >= 0.3 is 0 Å². The minimum absolute atomic E-state index is 0.120. The molecule has 1 aromatic rings. The van der Waals surface area contributed by atoms with Crippen molar-refractivity contribution in [2.24, 2.45) is 5.92 Å². The third-order valence-electron chi connectivity index (χ3n) is 2.62. The van der Waals surface area contributed by atoms with E-state index in [9.17, 15) is 9.18 Å². The Labute approximate surface area is 90.3 Å². The fourth-order valence-electron chi connectivity index (χ4n) is 1.46. The molecule has 1 atom stereocenters. The maximum atomic E-state index is 13.2. The van der Waals surface area contributed by atoms with Crippen molar-refractivity contribution in [1.82, 2.24) is 0 Å². The molecule has 0 amide bonds. The van der Waals surface area contributed by atoms with Gasteiger partial charge in [0, 0.05) is 12.8 Å². The second-order valence-corrected chi connectivity index (χ2v) is 4.02. The highest BCUT2D eigenvalue weighted by Crippen LogP contribution is 2.12. The molecule has 0 fully saturated rings. The molecule has 82 valence electrons. The molecule has 0 aliphatic rings. The van der Waals surface area contributed by atoms with Gasteiger partial charge in [-0.15, -0.1) is 0 Å². The molecule has 0 aliphatic carbocycles. The molecule has 1 rings (SSSR count). The minimum atomic E-state index is -0.282. The van der Waals surface area contributed by atoms with E-state index in [2.05, 4.69) is 6.92 Å². The third-order valence-corrected chi connectivity index (χ3v) is 2.62. The van der Waals surface area contributed by atoms with Gasteiger partial charge in [0.15, 0.2) is 0 Å². The molecule has 0 saturated carbocycles. The lowest BCUT2D eigenvalue weighted by molar-refractivity contribution is -0.119. The second kappa shape index (κ2) is 5.64. The summed E-state index contributed by atoms with van der Waals surface area (Å²) in [4.78, 5) is 11.6. The molecule has 1 nitrogen and oxygen atoms in total. The average molecular weight is 208 g/mol. The molecular weight excluding hydrogens is 191 g/mol. The van der Waals surface area contributed by atoms with Crippen molar-refractivity contribution in [3.63, 3.8) is 0 Å². The van der Waals surface area contributed by atoms with Gasteiger partial charge in [-0.3, -0.25) is 4.79 Å². The number of Topliss-reactive ketones (excluding diaryl/α,β-unsaturated/α-hetero) is 1. The number of ketones is 1. The first-order chi connectivity index (χ1) is 7.13. The van der Waals surface area contributed by atoms with Crippen LogP contribution < -0.4 is 0 Å². The summed E-state index contributed by atoms with van der Waals surface area (Å²) in [6.07, 6.45) is 1.75. The maximum Gasteiger partial charge on any atom is 0.137 e. The van der Waals surface area contributed by atoms with Crippen molar-refractivity contribution in [2.75, 3.05) is 0 Å². The maximum absolute atomic E-state index is 13.2. The van der Waals surface area contributed by atoms with Crippen LogP contribution in [0.2, 0.25) is 0 Å². The minimum Gasteiger partial charge on any atom is -0.299 e. The standard InChI is InChI=1S/C13H17FO/c1-3-10(2)8-12(15)9-11-6-4-5-7-13(11)14/h4-7,10H,3,8-9H2,1-2H3. The lowest BCUT2D eigenvalue weighted by atomic mass is 9.98. The van der Waals surface area contributed by atoms with Gasteiger partial charge in [0.1, 0.15) is 11.6 Å². The average Bonchev–Trinajstić information content (AvgIpc) is 2.21. The van der Waals surface area contributed by atoms with E-state index in [-0.39, 0.29) is 18.0 Å². The summed E-state index contributed by atoms with van der Waals surface area (Å²) >= 11 is 0. The lowest BCUT2D eigenvalue weighted by Crippen LogP contribution is -2.08. The van der Waals surface area contributed by atoms with E-state index in [0.717, 1.165) is 6.42 Å². The van der Waals surface area contributed by atoms with Gasteiger partial charge in [-0.2, -0.15) is 0 Å². The number of halogens is 1. The Bertz CT molecular complexity index is 333. The summed E-state index contributed by atoms with van der Waals surface area (Å²) in [6, 6.07) is 6.46. The molecule has 0 saturated heterocycles. The molecule has 0 radical (unpaired) electrons. The first-order valence-electron chi connectivity index (χ1n) is 5.38. The van der Waals surface area contributed by atoms with E-state index in [1.807, 2.05) is 6.92 Å². The van der Waals surface area contributed by atoms with Crippen LogP contribution in [0.1, 0.15) is 32.3 Å². The first-order valence-corrected chi connectivity index (χ1v) is 5.38. The van der Waals surface area contributed by atoms with Crippen LogP contribution in [-0.4, -0.2) is 5.78 Å². The van der Waals surface area contributed by atoms with Crippen molar-refractivity contribution in [1.29, 1.82) is 0 Å². The normalized spacial score (nSPS) is 12.5. The van der Waals surface area contributed by atoms with E-state index in [0.29, 0.717) is 17.9 Å². The molecule has 0 bridgehead atoms. The van der Waals surface area contributed by atoms with Gasteiger partial charge in [0.25, 0.3) is 0 Å². The molecular formula is C13H17FO. The zero-order valence-corrected chi connectivity index (χ0v) is 9.29. The van der Waals surface area contributed by atoms with Gasteiger partial charge in [-0.1, -0.05) is 38.5 Å². The number of hydrogen-bond donors (Lipinski definition) is 0. The SMILES string of the molecule is CCC(C)CC(=O)Cc1ccccc1F. The van der Waals surface area contributed by atoms with E-state index in [4.69, 9.17) is 0 Å². The van der Waals surface area contributed by atoms with E-state index in [1.54, 1.807) is 18.2 Å². The zero-order chi connectivity index (χ0) is 11.3. The van der Waals surface area contributed by atoms with Gasteiger partial charge in [0.05, 0.1) is 0 Å². The van der Waals surface area contributed by atoms with Gasteiger partial charge in [-0.05, 0) is 17.5 Å². The van der Waals surface area contributed by atoms with Gasteiger partial charge < -0.3 is 0 Å². The van der Waals surface area contributed by atoms with Crippen molar-refractivity contribution in [2.45, 2.75) is 33.1 Å². The van der Waals surface area contributed by atoms with E-state index >= 15 is 0 Å². The molecule has 0 spiro atoms. The summed E-state index contributed by atoms with van der Waals surface area (Å²) in [7, 11) is 0. The lowest BCUT2D eigenvalue weighted by Gasteiger charge is -2.07. The molecule has 0 aliphatic heterocycles. The molecule has 1 aromatic carbocycles. The summed E-state index contributed by atoms with van der Waals surface area (Å²) in [6.45, 7) is 4.10. The monoisotopic (exact) mass is 208 g/mol. The number of carbonyl (C=O) groups is 1. The summed E-state index contributed by atoms with van der Waals surface area (Å²) < 4.78 is 13.2. The highest BCUT2D eigenvalue weighted by Gasteiger charge is 2.10. The van der Waals surface area contributed by atoms with Crippen LogP contribution in [0.3, 0.4) is 0 Å². The fourth-order valence-corrected chi connectivity index (χ4v) is 1.46. The Kier molecular flexibility index (Phi) is 4.47. The van der Waals surface area contributed by atoms with Crippen LogP contribution in [0, 0.1) is 11.7 Å². The molecule has 0 aromatic heterocycles. The molecule has 0 heterocycles. The number of hydrogen-bond acceptors (Lipinski definition) is 1. The summed E-state index contributed by atoms with van der Waals surface area (Å²) in [5.41, 5.74) is 0.505. The Morgan fingerprint density at radius 3 is 2.67 bits per heavy atom. The smallest absolute Gasteiger partial charge is 0.137 e.